The molecule has 0 unspecified atom stereocenters. The Balaban J connectivity index is 2.46. The predicted octanol–water partition coefficient (Wildman–Crippen LogP) is 0.591. The van der Waals surface area contributed by atoms with Crippen LogP contribution < -0.4 is 0 Å². The molecule has 0 saturated heterocycles. The Morgan fingerprint density at radius 1 is 1.50 bits per heavy atom. The van der Waals surface area contributed by atoms with Gasteiger partial charge in [-0.15, -0.1) is 11.3 Å². The largest absolute Gasteiger partial charge is 0.480 e. The second-order valence-corrected chi connectivity index (χ2v) is 4.61. The zero-order valence-electron chi connectivity index (χ0n) is 9.59. The van der Waals surface area contributed by atoms with Gasteiger partial charge in [-0.3, -0.25) is 9.69 Å². The Hall–Kier alpha value is -0.980. The molecule has 0 fully saturated rings. The van der Waals surface area contributed by atoms with E-state index in [1.165, 1.54) is 11.3 Å². The van der Waals surface area contributed by atoms with Gasteiger partial charge in [-0.2, -0.15) is 0 Å². The zero-order chi connectivity index (χ0) is 12.0. The summed E-state index contributed by atoms with van der Waals surface area (Å²) >= 11 is 1.53. The highest BCUT2D eigenvalue weighted by molar-refractivity contribution is 7.07. The second-order valence-electron chi connectivity index (χ2n) is 3.89. The van der Waals surface area contributed by atoms with E-state index in [2.05, 4.69) is 4.98 Å². The lowest BCUT2D eigenvalue weighted by Gasteiger charge is -2.21. The number of thiazole rings is 1. The van der Waals surface area contributed by atoms with Crippen LogP contribution in [0.25, 0.3) is 0 Å². The average Bonchev–Trinajstić information content (AvgIpc) is 2.66. The van der Waals surface area contributed by atoms with Crippen molar-refractivity contribution in [1.82, 2.24) is 14.8 Å². The number of nitrogens with zero attached hydrogens (tertiary/aromatic N) is 3. The van der Waals surface area contributed by atoms with Crippen LogP contribution in [0.1, 0.15) is 5.69 Å². The van der Waals surface area contributed by atoms with Gasteiger partial charge in [0, 0.05) is 25.0 Å². The van der Waals surface area contributed by atoms with Gasteiger partial charge < -0.3 is 10.0 Å². The number of hydrogen-bond acceptors (Lipinski definition) is 5. The third-order valence-electron chi connectivity index (χ3n) is 2.09. The van der Waals surface area contributed by atoms with Crippen LogP contribution in [-0.4, -0.2) is 59.6 Å². The molecular weight excluding hydrogens is 226 g/mol. The summed E-state index contributed by atoms with van der Waals surface area (Å²) in [5, 5.41) is 10.8. The van der Waals surface area contributed by atoms with E-state index < -0.39 is 5.97 Å². The fraction of sp³-hybridized carbons (Fsp3) is 0.600. The van der Waals surface area contributed by atoms with Crippen LogP contribution >= 0.6 is 11.3 Å². The Kier molecular flexibility index (Phi) is 5.37. The minimum atomic E-state index is -0.797. The second kappa shape index (κ2) is 6.57. The summed E-state index contributed by atoms with van der Waals surface area (Å²) in [6.45, 7) is 2.24. The fourth-order valence-corrected chi connectivity index (χ4v) is 1.84. The molecule has 1 rings (SSSR count). The van der Waals surface area contributed by atoms with E-state index in [1.807, 2.05) is 29.3 Å². The molecule has 0 bridgehead atoms. The topological polar surface area (TPSA) is 56.7 Å². The first-order valence-electron chi connectivity index (χ1n) is 5.04. The molecule has 0 aliphatic rings. The minimum absolute atomic E-state index is 0.0609. The van der Waals surface area contributed by atoms with Crippen molar-refractivity contribution in [2.24, 2.45) is 0 Å². The molecule has 0 spiro atoms. The number of likely N-dealkylation sites (N-methyl/N-ethyl adjacent to an activating group) is 1. The normalized spacial score (nSPS) is 11.2. The van der Waals surface area contributed by atoms with Gasteiger partial charge in [0.1, 0.15) is 0 Å². The number of rotatable bonds is 7. The summed E-state index contributed by atoms with van der Waals surface area (Å²) in [6.07, 6.45) is 0. The summed E-state index contributed by atoms with van der Waals surface area (Å²) < 4.78 is 0. The molecule has 16 heavy (non-hydrogen) atoms. The van der Waals surface area contributed by atoms with Crippen LogP contribution in [-0.2, 0) is 11.3 Å². The van der Waals surface area contributed by atoms with Crippen LogP contribution in [0, 0.1) is 0 Å². The van der Waals surface area contributed by atoms with E-state index in [4.69, 9.17) is 5.11 Å². The van der Waals surface area contributed by atoms with Crippen LogP contribution in [0.4, 0.5) is 0 Å². The fourth-order valence-electron chi connectivity index (χ4n) is 1.29. The molecule has 6 heteroatoms. The maximum atomic E-state index is 10.7. The smallest absolute Gasteiger partial charge is 0.317 e. The maximum Gasteiger partial charge on any atom is 0.317 e. The van der Waals surface area contributed by atoms with Crippen LogP contribution in [0.3, 0.4) is 0 Å². The molecule has 0 atom stereocenters. The third kappa shape index (κ3) is 5.20. The van der Waals surface area contributed by atoms with Gasteiger partial charge in [-0.05, 0) is 14.1 Å². The van der Waals surface area contributed by atoms with Gasteiger partial charge in [-0.1, -0.05) is 0 Å². The molecule has 0 saturated carbocycles. The highest BCUT2D eigenvalue weighted by Crippen LogP contribution is 2.05. The van der Waals surface area contributed by atoms with E-state index in [9.17, 15) is 4.79 Å². The summed E-state index contributed by atoms with van der Waals surface area (Å²) in [5.41, 5.74) is 2.70. The molecule has 90 valence electrons. The number of aliphatic carboxylic acids is 1. The molecule has 0 aliphatic heterocycles. The Bertz CT molecular complexity index is 314. The first kappa shape index (κ1) is 13.1. The Morgan fingerprint density at radius 3 is 2.75 bits per heavy atom. The first-order valence-corrected chi connectivity index (χ1v) is 5.98. The minimum Gasteiger partial charge on any atom is -0.480 e. The van der Waals surface area contributed by atoms with Crippen molar-refractivity contribution >= 4 is 17.3 Å². The van der Waals surface area contributed by atoms with Gasteiger partial charge in [0.25, 0.3) is 0 Å². The van der Waals surface area contributed by atoms with Crippen molar-refractivity contribution in [3.8, 4) is 0 Å². The lowest BCUT2D eigenvalue weighted by Crippen LogP contribution is -2.35. The van der Waals surface area contributed by atoms with E-state index >= 15 is 0 Å². The molecule has 0 radical (unpaired) electrons. The van der Waals surface area contributed by atoms with Crippen molar-refractivity contribution in [3.05, 3.63) is 16.6 Å². The predicted molar refractivity (Wildman–Crippen MR) is 63.6 cm³/mol. The number of aromatic nitrogens is 1. The van der Waals surface area contributed by atoms with Gasteiger partial charge in [0.2, 0.25) is 0 Å². The van der Waals surface area contributed by atoms with Crippen LogP contribution in [0.15, 0.2) is 10.9 Å². The van der Waals surface area contributed by atoms with Crippen molar-refractivity contribution in [1.29, 1.82) is 0 Å². The highest BCUT2D eigenvalue weighted by Gasteiger charge is 2.11. The van der Waals surface area contributed by atoms with E-state index in [1.54, 1.807) is 5.51 Å². The van der Waals surface area contributed by atoms with Crippen molar-refractivity contribution in [2.75, 3.05) is 33.7 Å². The van der Waals surface area contributed by atoms with E-state index in [0.717, 1.165) is 18.8 Å². The van der Waals surface area contributed by atoms with Crippen molar-refractivity contribution in [3.63, 3.8) is 0 Å². The summed E-state index contributed by atoms with van der Waals surface area (Å²) in [6, 6.07) is 0. The van der Waals surface area contributed by atoms with E-state index in [0.29, 0.717) is 6.54 Å². The molecule has 0 amide bonds. The van der Waals surface area contributed by atoms with E-state index in [-0.39, 0.29) is 6.54 Å². The van der Waals surface area contributed by atoms with Crippen LogP contribution in [0.5, 0.6) is 0 Å². The van der Waals surface area contributed by atoms with Gasteiger partial charge >= 0.3 is 5.97 Å². The summed E-state index contributed by atoms with van der Waals surface area (Å²) in [5.74, 6) is -0.797. The highest BCUT2D eigenvalue weighted by atomic mass is 32.1. The summed E-state index contributed by atoms with van der Waals surface area (Å²) in [7, 11) is 3.95. The average molecular weight is 243 g/mol. The standard InChI is InChI=1S/C10H17N3O2S/c1-12(2)3-4-13(6-10(14)15)5-9-7-16-8-11-9/h7-8H,3-6H2,1-2H3,(H,14,15). The monoisotopic (exact) mass is 243 g/mol. The maximum absolute atomic E-state index is 10.7. The molecule has 1 aromatic rings. The molecule has 0 aromatic carbocycles. The van der Waals surface area contributed by atoms with Gasteiger partial charge in [0.05, 0.1) is 17.7 Å². The van der Waals surface area contributed by atoms with Gasteiger partial charge in [-0.25, -0.2) is 4.98 Å². The molecule has 0 aliphatic carbocycles. The molecule has 5 nitrogen and oxygen atoms in total. The quantitative estimate of drug-likeness (QED) is 0.759. The lowest BCUT2D eigenvalue weighted by atomic mass is 10.4. The SMILES string of the molecule is CN(C)CCN(CC(=O)O)Cc1cscn1. The summed E-state index contributed by atoms with van der Waals surface area (Å²) in [4.78, 5) is 18.8. The zero-order valence-corrected chi connectivity index (χ0v) is 10.4. The number of carbonyl (C=O) groups is 1. The first-order chi connectivity index (χ1) is 7.58. The Morgan fingerprint density at radius 2 is 2.25 bits per heavy atom. The Labute approximate surface area is 99.3 Å². The van der Waals surface area contributed by atoms with Crippen molar-refractivity contribution < 1.29 is 9.90 Å². The van der Waals surface area contributed by atoms with Crippen LogP contribution in [0.2, 0.25) is 0 Å². The third-order valence-corrected chi connectivity index (χ3v) is 2.73. The molecule has 1 aromatic heterocycles. The number of carboxylic acid groups (broad SMARTS) is 1. The number of carboxylic acids is 1. The molecule has 1 N–H and O–H groups in total. The van der Waals surface area contributed by atoms with Gasteiger partial charge in [0.15, 0.2) is 0 Å². The molecular formula is C10H17N3O2S. The number of hydrogen-bond donors (Lipinski definition) is 1. The van der Waals surface area contributed by atoms with Crippen molar-refractivity contribution in [2.45, 2.75) is 6.54 Å². The molecule has 1 heterocycles. The lowest BCUT2D eigenvalue weighted by molar-refractivity contribution is -0.138.